The molecule has 0 atom stereocenters. The lowest BCUT2D eigenvalue weighted by Gasteiger charge is -2.28. The smallest absolute Gasteiger partial charge is 0.268 e. The van der Waals surface area contributed by atoms with Gasteiger partial charge in [-0.25, -0.2) is 12.7 Å². The lowest BCUT2D eigenvalue weighted by molar-refractivity contribution is 0.0985. The first kappa shape index (κ1) is 18.2. The number of aryl methyl sites for hydroxylation is 1. The molecule has 0 spiro atoms. The first-order valence-corrected chi connectivity index (χ1v) is 9.86. The summed E-state index contributed by atoms with van der Waals surface area (Å²) in [6.45, 7) is 1.77. The van der Waals surface area contributed by atoms with Crippen molar-refractivity contribution >= 4 is 21.5 Å². The molecule has 2 aromatic carbocycles. The summed E-state index contributed by atoms with van der Waals surface area (Å²) >= 11 is 0. The molecular formula is C20H22N2O3S. The van der Waals surface area contributed by atoms with Gasteiger partial charge in [0, 0.05) is 32.3 Å². The number of nitrogens with zero attached hydrogens (tertiary/aromatic N) is 2. The van der Waals surface area contributed by atoms with Crippen LogP contribution in [0.15, 0.2) is 65.3 Å². The number of anilines is 1. The lowest BCUT2D eigenvalue weighted by Crippen LogP contribution is -2.32. The van der Waals surface area contributed by atoms with Crippen molar-refractivity contribution in [2.75, 3.05) is 18.4 Å². The van der Waals surface area contributed by atoms with E-state index in [1.807, 2.05) is 20.2 Å². The van der Waals surface area contributed by atoms with E-state index in [9.17, 15) is 13.2 Å². The highest BCUT2D eigenvalue weighted by Gasteiger charge is 2.34. The van der Waals surface area contributed by atoms with E-state index in [-0.39, 0.29) is 17.1 Å². The minimum atomic E-state index is -3.86. The maximum absolute atomic E-state index is 13.6. The van der Waals surface area contributed by atoms with Gasteiger partial charge in [0.15, 0.2) is 5.78 Å². The zero-order valence-corrected chi connectivity index (χ0v) is 16.0. The van der Waals surface area contributed by atoms with E-state index in [1.54, 1.807) is 60.5 Å². The van der Waals surface area contributed by atoms with Crippen LogP contribution in [0.4, 0.5) is 5.69 Å². The molecule has 5 nitrogen and oxygen atoms in total. The van der Waals surface area contributed by atoms with Crippen molar-refractivity contribution in [3.63, 3.8) is 0 Å². The van der Waals surface area contributed by atoms with Gasteiger partial charge >= 0.3 is 0 Å². The average Bonchev–Trinajstić information content (AvgIpc) is 2.72. The number of ketones is 1. The number of hydrogen-bond acceptors (Lipinski definition) is 4. The SMILES string of the molecule is Cc1ccccc1S(=O)(=O)N1C(=CN(C)C)CCC(=O)c2ccccc21. The van der Waals surface area contributed by atoms with Crippen LogP contribution in [0, 0.1) is 6.92 Å². The Bertz CT molecular complexity index is 978. The number of rotatable bonds is 3. The number of sulfonamides is 1. The van der Waals surface area contributed by atoms with Crippen LogP contribution in [0.2, 0.25) is 0 Å². The van der Waals surface area contributed by atoms with E-state index in [0.717, 1.165) is 0 Å². The van der Waals surface area contributed by atoms with Gasteiger partial charge in [-0.3, -0.25) is 4.79 Å². The fraction of sp³-hybridized carbons (Fsp3) is 0.250. The van der Waals surface area contributed by atoms with Gasteiger partial charge in [0.1, 0.15) is 0 Å². The number of benzene rings is 2. The van der Waals surface area contributed by atoms with E-state index in [4.69, 9.17) is 0 Å². The van der Waals surface area contributed by atoms with E-state index >= 15 is 0 Å². The molecule has 0 fully saturated rings. The van der Waals surface area contributed by atoms with Crippen LogP contribution in [-0.4, -0.2) is 33.2 Å². The summed E-state index contributed by atoms with van der Waals surface area (Å²) in [4.78, 5) is 14.6. The zero-order valence-electron chi connectivity index (χ0n) is 15.1. The molecule has 0 aromatic heterocycles. The van der Waals surface area contributed by atoms with Crippen molar-refractivity contribution in [2.24, 2.45) is 0 Å². The van der Waals surface area contributed by atoms with Crippen molar-refractivity contribution in [2.45, 2.75) is 24.7 Å². The Labute approximate surface area is 154 Å². The van der Waals surface area contributed by atoms with Crippen molar-refractivity contribution in [3.8, 4) is 0 Å². The van der Waals surface area contributed by atoms with E-state index in [0.29, 0.717) is 28.9 Å². The summed E-state index contributed by atoms with van der Waals surface area (Å²) in [6, 6.07) is 13.8. The first-order chi connectivity index (χ1) is 12.3. The lowest BCUT2D eigenvalue weighted by atomic mass is 10.1. The van der Waals surface area contributed by atoms with Crippen LogP contribution in [0.25, 0.3) is 0 Å². The summed E-state index contributed by atoms with van der Waals surface area (Å²) in [6.07, 6.45) is 2.40. The molecule has 0 saturated carbocycles. The van der Waals surface area contributed by atoms with Gasteiger partial charge in [-0.1, -0.05) is 30.3 Å². The predicted octanol–water partition coefficient (Wildman–Crippen LogP) is 3.57. The molecule has 136 valence electrons. The second kappa shape index (κ2) is 6.96. The van der Waals surface area contributed by atoms with E-state index in [2.05, 4.69) is 0 Å². The molecule has 1 aliphatic rings. The molecule has 0 bridgehead atoms. The van der Waals surface area contributed by atoms with Crippen molar-refractivity contribution < 1.29 is 13.2 Å². The molecule has 0 radical (unpaired) electrons. The Kier molecular flexibility index (Phi) is 4.87. The molecule has 26 heavy (non-hydrogen) atoms. The molecule has 0 N–H and O–H groups in total. The number of hydrogen-bond donors (Lipinski definition) is 0. The molecule has 0 aliphatic carbocycles. The Morgan fingerprint density at radius 2 is 1.65 bits per heavy atom. The first-order valence-electron chi connectivity index (χ1n) is 8.42. The Hall–Kier alpha value is -2.60. The largest absolute Gasteiger partial charge is 0.382 e. The molecule has 1 heterocycles. The second-order valence-electron chi connectivity index (χ2n) is 6.56. The van der Waals surface area contributed by atoms with E-state index in [1.165, 1.54) is 4.31 Å². The third kappa shape index (κ3) is 3.24. The Balaban J connectivity index is 2.30. The quantitative estimate of drug-likeness (QED) is 0.829. The van der Waals surface area contributed by atoms with Crippen LogP contribution in [0.3, 0.4) is 0 Å². The summed E-state index contributed by atoms with van der Waals surface area (Å²) in [5.41, 5.74) is 2.10. The molecule has 0 saturated heterocycles. The van der Waals surface area contributed by atoms with Gasteiger partial charge in [-0.05, 0) is 37.1 Å². The third-order valence-electron chi connectivity index (χ3n) is 4.31. The molecule has 3 rings (SSSR count). The maximum atomic E-state index is 13.6. The predicted molar refractivity (Wildman–Crippen MR) is 103 cm³/mol. The van der Waals surface area contributed by atoms with Gasteiger partial charge in [0.25, 0.3) is 10.0 Å². The summed E-state index contributed by atoms with van der Waals surface area (Å²) in [5.74, 6) is -0.0484. The van der Waals surface area contributed by atoms with Crippen LogP contribution in [0.1, 0.15) is 28.8 Å². The molecule has 1 aliphatic heterocycles. The minimum absolute atomic E-state index is 0.0484. The normalized spacial score (nSPS) is 16.3. The molecule has 2 aromatic rings. The molecule has 0 unspecified atom stereocenters. The Morgan fingerprint density at radius 1 is 1.00 bits per heavy atom. The zero-order chi connectivity index (χ0) is 18.9. The highest BCUT2D eigenvalue weighted by molar-refractivity contribution is 7.93. The number of fused-ring (bicyclic) bond motifs is 1. The highest BCUT2D eigenvalue weighted by Crippen LogP contribution is 2.36. The summed E-state index contributed by atoms with van der Waals surface area (Å²) in [5, 5.41) is 0. The van der Waals surface area contributed by atoms with Crippen LogP contribution in [-0.2, 0) is 10.0 Å². The van der Waals surface area contributed by atoms with Gasteiger partial charge < -0.3 is 4.90 Å². The van der Waals surface area contributed by atoms with E-state index < -0.39 is 10.0 Å². The monoisotopic (exact) mass is 370 g/mol. The van der Waals surface area contributed by atoms with Gasteiger partial charge in [0.2, 0.25) is 0 Å². The Morgan fingerprint density at radius 3 is 2.35 bits per heavy atom. The van der Waals surface area contributed by atoms with Crippen molar-refractivity contribution in [3.05, 3.63) is 71.6 Å². The maximum Gasteiger partial charge on any atom is 0.268 e. The van der Waals surface area contributed by atoms with Crippen molar-refractivity contribution in [1.29, 1.82) is 0 Å². The number of carbonyl (C=O) groups excluding carboxylic acids is 1. The average molecular weight is 370 g/mol. The fourth-order valence-corrected chi connectivity index (χ4v) is 4.95. The third-order valence-corrected chi connectivity index (χ3v) is 6.24. The fourth-order valence-electron chi connectivity index (χ4n) is 3.16. The number of Topliss-reactive ketones (excluding diaryl/α,β-unsaturated/α-hetero) is 1. The van der Waals surface area contributed by atoms with Crippen LogP contribution < -0.4 is 4.31 Å². The number of allylic oxidation sites excluding steroid dienone is 1. The second-order valence-corrected chi connectivity index (χ2v) is 8.31. The number of carbonyl (C=O) groups is 1. The summed E-state index contributed by atoms with van der Waals surface area (Å²) in [7, 11) is -0.187. The standard InChI is InChI=1S/C20H22N2O3S/c1-15-8-4-7-11-20(15)26(24,25)22-16(14-21(2)3)12-13-19(23)17-9-5-6-10-18(17)22/h4-11,14H,12-13H2,1-3H3. The summed E-state index contributed by atoms with van der Waals surface area (Å²) < 4.78 is 28.5. The van der Waals surface area contributed by atoms with Crippen LogP contribution in [0.5, 0.6) is 0 Å². The van der Waals surface area contributed by atoms with Gasteiger partial charge in [-0.15, -0.1) is 0 Å². The molecular weight excluding hydrogens is 348 g/mol. The van der Waals surface area contributed by atoms with Crippen molar-refractivity contribution in [1.82, 2.24) is 4.90 Å². The van der Waals surface area contributed by atoms with Gasteiger partial charge in [-0.2, -0.15) is 0 Å². The molecule has 0 amide bonds. The highest BCUT2D eigenvalue weighted by atomic mass is 32.2. The molecule has 6 heteroatoms. The van der Waals surface area contributed by atoms with Crippen LogP contribution >= 0.6 is 0 Å². The number of para-hydroxylation sites is 1. The minimum Gasteiger partial charge on any atom is -0.382 e. The van der Waals surface area contributed by atoms with Gasteiger partial charge in [0.05, 0.1) is 16.3 Å². The topological polar surface area (TPSA) is 57.7 Å².